The number of amides is 2. The summed E-state index contributed by atoms with van der Waals surface area (Å²) >= 11 is 0. The highest BCUT2D eigenvalue weighted by Gasteiger charge is 2.11. The molecule has 0 aliphatic heterocycles. The number of nitrogens with one attached hydrogen (secondary N) is 2. The second-order valence-electron chi connectivity index (χ2n) is 6.93. The fourth-order valence-corrected chi connectivity index (χ4v) is 3.09. The van der Waals surface area contributed by atoms with Gasteiger partial charge in [-0.2, -0.15) is 5.10 Å². The van der Waals surface area contributed by atoms with Crippen molar-refractivity contribution in [2.75, 3.05) is 32.0 Å². The van der Waals surface area contributed by atoms with Crippen LogP contribution < -0.4 is 24.8 Å². The second kappa shape index (κ2) is 10.9. The molecule has 0 spiro atoms. The van der Waals surface area contributed by atoms with Gasteiger partial charge in [-0.15, -0.1) is 0 Å². The Bertz CT molecular complexity index is 1060. The summed E-state index contributed by atoms with van der Waals surface area (Å²) in [5.74, 6) is 1.71. The third-order valence-corrected chi connectivity index (χ3v) is 4.71. The predicted molar refractivity (Wildman–Crippen MR) is 120 cm³/mol. The molecule has 0 aliphatic rings. The number of rotatable bonds is 10. The molecule has 0 saturated heterocycles. The maximum atomic E-state index is 12.4. The lowest BCUT2D eigenvalue weighted by Gasteiger charge is -2.10. The Morgan fingerprint density at radius 2 is 1.56 bits per heavy atom. The zero-order chi connectivity index (χ0) is 22.9. The molecule has 0 bridgehead atoms. The van der Waals surface area contributed by atoms with Gasteiger partial charge in [-0.3, -0.25) is 14.3 Å². The van der Waals surface area contributed by atoms with Gasteiger partial charge in [-0.05, 0) is 54.4 Å². The molecule has 0 aliphatic carbocycles. The number of methoxy groups -OCH3 is 3. The number of aryl methyl sites for hydroxylation is 1. The summed E-state index contributed by atoms with van der Waals surface area (Å²) in [5.41, 5.74) is 2.06. The molecule has 3 aromatic rings. The van der Waals surface area contributed by atoms with E-state index in [0.717, 1.165) is 5.56 Å². The van der Waals surface area contributed by atoms with Crippen LogP contribution in [0, 0.1) is 0 Å². The van der Waals surface area contributed by atoms with Crippen molar-refractivity contribution in [2.24, 2.45) is 0 Å². The van der Waals surface area contributed by atoms with Gasteiger partial charge in [0.2, 0.25) is 11.8 Å². The smallest absolute Gasteiger partial charge is 0.246 e. The van der Waals surface area contributed by atoms with E-state index in [9.17, 15) is 9.59 Å². The van der Waals surface area contributed by atoms with Crippen LogP contribution in [0.5, 0.6) is 17.2 Å². The van der Waals surface area contributed by atoms with Gasteiger partial charge in [0.15, 0.2) is 0 Å². The number of aromatic nitrogens is 2. The topological polar surface area (TPSA) is 104 Å². The largest absolute Gasteiger partial charge is 0.497 e. The molecule has 32 heavy (non-hydrogen) atoms. The SMILES string of the molecule is COc1ccc(NC(=O)Cn2cc(NC(=O)CCc3cc(OC)ccc3OC)cn2)cc1. The first-order valence-corrected chi connectivity index (χ1v) is 9.98. The number of hydrogen-bond acceptors (Lipinski definition) is 6. The Kier molecular flexibility index (Phi) is 7.69. The highest BCUT2D eigenvalue weighted by atomic mass is 16.5. The first-order chi connectivity index (χ1) is 15.5. The van der Waals surface area contributed by atoms with E-state index < -0.39 is 0 Å². The molecule has 168 valence electrons. The number of carbonyl (C=O) groups is 2. The number of benzene rings is 2. The fraction of sp³-hybridized carbons (Fsp3) is 0.261. The summed E-state index contributed by atoms with van der Waals surface area (Å²) in [4.78, 5) is 24.6. The van der Waals surface area contributed by atoms with E-state index in [2.05, 4.69) is 15.7 Å². The number of nitrogens with zero attached hydrogens (tertiary/aromatic N) is 2. The Balaban J connectivity index is 1.50. The van der Waals surface area contributed by atoms with E-state index in [4.69, 9.17) is 14.2 Å². The van der Waals surface area contributed by atoms with Crippen LogP contribution in [-0.4, -0.2) is 42.9 Å². The zero-order valence-corrected chi connectivity index (χ0v) is 18.3. The molecular weight excluding hydrogens is 412 g/mol. The lowest BCUT2D eigenvalue weighted by atomic mass is 10.1. The van der Waals surface area contributed by atoms with Crippen LogP contribution in [0.25, 0.3) is 0 Å². The molecule has 9 nitrogen and oxygen atoms in total. The van der Waals surface area contributed by atoms with Crippen molar-refractivity contribution in [2.45, 2.75) is 19.4 Å². The molecule has 1 aromatic heterocycles. The molecule has 2 amide bonds. The van der Waals surface area contributed by atoms with Gasteiger partial charge in [0.1, 0.15) is 23.8 Å². The third-order valence-electron chi connectivity index (χ3n) is 4.71. The Hall–Kier alpha value is -4.01. The summed E-state index contributed by atoms with van der Waals surface area (Å²) in [6, 6.07) is 12.5. The summed E-state index contributed by atoms with van der Waals surface area (Å²) < 4.78 is 17.1. The van der Waals surface area contributed by atoms with Crippen molar-refractivity contribution in [1.82, 2.24) is 9.78 Å². The maximum absolute atomic E-state index is 12.4. The molecule has 2 N–H and O–H groups in total. The lowest BCUT2D eigenvalue weighted by Crippen LogP contribution is -2.19. The Labute approximate surface area is 186 Å². The minimum absolute atomic E-state index is 0.0168. The average Bonchev–Trinajstić information content (AvgIpc) is 3.24. The van der Waals surface area contributed by atoms with Crippen LogP contribution >= 0.6 is 0 Å². The average molecular weight is 438 g/mol. The Morgan fingerprint density at radius 3 is 2.25 bits per heavy atom. The van der Waals surface area contributed by atoms with E-state index in [1.165, 1.54) is 10.9 Å². The molecule has 0 saturated carbocycles. The minimum atomic E-state index is -0.235. The maximum Gasteiger partial charge on any atom is 0.246 e. The highest BCUT2D eigenvalue weighted by Crippen LogP contribution is 2.25. The van der Waals surface area contributed by atoms with E-state index in [1.807, 2.05) is 18.2 Å². The summed E-state index contributed by atoms with van der Waals surface area (Å²) in [6.07, 6.45) is 3.86. The molecule has 1 heterocycles. The molecule has 3 rings (SSSR count). The second-order valence-corrected chi connectivity index (χ2v) is 6.93. The standard InChI is InChI=1S/C23H26N4O5/c1-30-19-7-5-17(6-8-19)25-23(29)15-27-14-18(13-24-27)26-22(28)11-4-16-12-20(31-2)9-10-21(16)32-3/h5-10,12-14H,4,11,15H2,1-3H3,(H,25,29)(H,26,28). The molecule has 0 atom stereocenters. The van der Waals surface area contributed by atoms with E-state index in [-0.39, 0.29) is 24.8 Å². The van der Waals surface area contributed by atoms with Gasteiger partial charge < -0.3 is 24.8 Å². The number of hydrogen-bond donors (Lipinski definition) is 2. The van der Waals surface area contributed by atoms with Gasteiger partial charge in [0.25, 0.3) is 0 Å². The van der Waals surface area contributed by atoms with Crippen LogP contribution in [0.3, 0.4) is 0 Å². The first kappa shape index (κ1) is 22.7. The van der Waals surface area contributed by atoms with Gasteiger partial charge in [-0.25, -0.2) is 0 Å². The summed E-state index contributed by atoms with van der Waals surface area (Å²) in [7, 11) is 4.76. The van der Waals surface area contributed by atoms with Crippen molar-refractivity contribution in [3.8, 4) is 17.2 Å². The van der Waals surface area contributed by atoms with Crippen molar-refractivity contribution in [1.29, 1.82) is 0 Å². The fourth-order valence-electron chi connectivity index (χ4n) is 3.09. The number of ether oxygens (including phenoxy) is 3. The van der Waals surface area contributed by atoms with Crippen LogP contribution in [0.15, 0.2) is 54.9 Å². The van der Waals surface area contributed by atoms with Crippen LogP contribution in [0.2, 0.25) is 0 Å². The molecule has 0 radical (unpaired) electrons. The molecule has 9 heteroatoms. The molecular formula is C23H26N4O5. The predicted octanol–water partition coefficient (Wildman–Crippen LogP) is 3.12. The first-order valence-electron chi connectivity index (χ1n) is 9.98. The zero-order valence-electron chi connectivity index (χ0n) is 18.3. The highest BCUT2D eigenvalue weighted by molar-refractivity contribution is 5.91. The van der Waals surface area contributed by atoms with Gasteiger partial charge in [-0.1, -0.05) is 0 Å². The van der Waals surface area contributed by atoms with Gasteiger partial charge in [0, 0.05) is 18.3 Å². The van der Waals surface area contributed by atoms with Crippen molar-refractivity contribution >= 4 is 23.2 Å². The van der Waals surface area contributed by atoms with Crippen molar-refractivity contribution in [3.05, 3.63) is 60.4 Å². The van der Waals surface area contributed by atoms with Crippen LogP contribution in [0.1, 0.15) is 12.0 Å². The van der Waals surface area contributed by atoms with Crippen molar-refractivity contribution < 1.29 is 23.8 Å². The Morgan fingerprint density at radius 1 is 0.875 bits per heavy atom. The van der Waals surface area contributed by atoms with E-state index in [1.54, 1.807) is 51.8 Å². The van der Waals surface area contributed by atoms with Gasteiger partial charge in [0.05, 0.1) is 33.2 Å². The van der Waals surface area contributed by atoms with E-state index >= 15 is 0 Å². The molecule has 2 aromatic carbocycles. The normalized spacial score (nSPS) is 10.3. The number of carbonyl (C=O) groups excluding carboxylic acids is 2. The molecule has 0 fully saturated rings. The quantitative estimate of drug-likeness (QED) is 0.504. The lowest BCUT2D eigenvalue weighted by molar-refractivity contribution is -0.117. The van der Waals surface area contributed by atoms with Crippen LogP contribution in [-0.2, 0) is 22.6 Å². The number of anilines is 2. The summed E-state index contributed by atoms with van der Waals surface area (Å²) in [5, 5.41) is 9.71. The van der Waals surface area contributed by atoms with Crippen molar-refractivity contribution in [3.63, 3.8) is 0 Å². The van der Waals surface area contributed by atoms with E-state index in [0.29, 0.717) is 35.0 Å². The monoisotopic (exact) mass is 438 g/mol. The summed E-state index contributed by atoms with van der Waals surface area (Å²) in [6.45, 7) is 0.0168. The van der Waals surface area contributed by atoms with Crippen LogP contribution in [0.4, 0.5) is 11.4 Å². The van der Waals surface area contributed by atoms with Gasteiger partial charge >= 0.3 is 0 Å². The molecule has 0 unspecified atom stereocenters. The minimum Gasteiger partial charge on any atom is -0.497 e. The third kappa shape index (κ3) is 6.24.